The quantitative estimate of drug-likeness (QED) is 0.441. The summed E-state index contributed by atoms with van der Waals surface area (Å²) in [6, 6.07) is 15.4. The van der Waals surface area contributed by atoms with Crippen molar-refractivity contribution in [3.05, 3.63) is 65.3 Å². The molecule has 0 aliphatic carbocycles. The number of thioether (sulfide) groups is 1. The molecule has 1 fully saturated rings. The molecule has 5 rings (SSSR count). The first-order chi connectivity index (χ1) is 16.1. The number of nitrogens with zero attached hydrogens (tertiary/aromatic N) is 5. The van der Waals surface area contributed by atoms with Gasteiger partial charge in [-0.05, 0) is 49.2 Å². The fraction of sp³-hybridized carbons (Fsp3) is 0.304. The highest BCUT2D eigenvalue weighted by molar-refractivity contribution is 7.99. The first-order valence-electron chi connectivity index (χ1n) is 10.8. The molecule has 1 amide bonds. The number of imidazole rings is 1. The van der Waals surface area contributed by atoms with Crippen molar-refractivity contribution in [2.45, 2.75) is 24.0 Å². The Balaban J connectivity index is 1.20. The van der Waals surface area contributed by atoms with Gasteiger partial charge in [-0.1, -0.05) is 23.9 Å². The van der Waals surface area contributed by atoms with Gasteiger partial charge in [0.1, 0.15) is 12.1 Å². The molecule has 2 aromatic heterocycles. The molecular formula is C23H24N6O3S. The van der Waals surface area contributed by atoms with Gasteiger partial charge < -0.3 is 14.6 Å². The second-order valence-corrected chi connectivity index (χ2v) is 8.84. The van der Waals surface area contributed by atoms with Crippen LogP contribution >= 0.6 is 11.8 Å². The van der Waals surface area contributed by atoms with Crippen molar-refractivity contribution in [2.24, 2.45) is 0 Å². The number of hydrogen-bond donors (Lipinski definition) is 1. The monoisotopic (exact) mass is 464 g/mol. The lowest BCUT2D eigenvalue weighted by molar-refractivity contribution is -0.129. The van der Waals surface area contributed by atoms with E-state index in [0.717, 1.165) is 35.3 Å². The third-order valence-electron chi connectivity index (χ3n) is 6.00. The standard InChI is InChI=1S/C23H24N6O3S/c1-32-18-8-6-16(7-9-18)28-15-24-26-23(28)33-14-21(30)27-12-10-17(11-13-27)29-20-5-3-2-4-19(20)25-22(29)31/h2-9,15,17H,10-14H2,1H3,(H,25,31). The van der Waals surface area contributed by atoms with E-state index in [2.05, 4.69) is 15.2 Å². The van der Waals surface area contributed by atoms with E-state index in [9.17, 15) is 9.59 Å². The molecule has 1 aliphatic rings. The van der Waals surface area contributed by atoms with Crippen molar-refractivity contribution in [3.8, 4) is 11.4 Å². The van der Waals surface area contributed by atoms with E-state index in [1.807, 2.05) is 62.6 Å². The molecule has 9 nitrogen and oxygen atoms in total. The van der Waals surface area contributed by atoms with Crippen molar-refractivity contribution in [3.63, 3.8) is 0 Å². The maximum Gasteiger partial charge on any atom is 0.326 e. The van der Waals surface area contributed by atoms with Crippen LogP contribution in [0, 0.1) is 0 Å². The summed E-state index contributed by atoms with van der Waals surface area (Å²) in [6.07, 6.45) is 3.14. The number of likely N-dealkylation sites (tertiary alicyclic amines) is 1. The van der Waals surface area contributed by atoms with Crippen LogP contribution in [-0.4, -0.2) is 61.1 Å². The summed E-state index contributed by atoms with van der Waals surface area (Å²) in [5.41, 5.74) is 2.58. The summed E-state index contributed by atoms with van der Waals surface area (Å²) in [4.78, 5) is 30.1. The van der Waals surface area contributed by atoms with Crippen LogP contribution in [-0.2, 0) is 4.79 Å². The van der Waals surface area contributed by atoms with Crippen LogP contribution in [0.4, 0.5) is 0 Å². The maximum atomic E-state index is 12.9. The van der Waals surface area contributed by atoms with E-state index in [-0.39, 0.29) is 23.4 Å². The number of nitrogens with one attached hydrogen (secondary N) is 1. The van der Waals surface area contributed by atoms with Gasteiger partial charge >= 0.3 is 5.69 Å². The van der Waals surface area contributed by atoms with E-state index in [1.54, 1.807) is 13.4 Å². The minimum atomic E-state index is -0.0885. The summed E-state index contributed by atoms with van der Waals surface area (Å²) < 4.78 is 8.90. The molecule has 4 aromatic rings. The first-order valence-corrected chi connectivity index (χ1v) is 11.8. The predicted molar refractivity (Wildman–Crippen MR) is 126 cm³/mol. The van der Waals surface area contributed by atoms with Crippen LogP contribution in [0.2, 0.25) is 0 Å². The highest BCUT2D eigenvalue weighted by Crippen LogP contribution is 2.26. The second-order valence-electron chi connectivity index (χ2n) is 7.90. The van der Waals surface area contributed by atoms with Crippen LogP contribution in [0.25, 0.3) is 16.7 Å². The van der Waals surface area contributed by atoms with E-state index in [1.165, 1.54) is 11.8 Å². The van der Waals surface area contributed by atoms with Gasteiger partial charge in [-0.2, -0.15) is 0 Å². The normalized spacial score (nSPS) is 14.6. The minimum absolute atomic E-state index is 0.0639. The molecule has 1 saturated heterocycles. The van der Waals surface area contributed by atoms with Crippen molar-refractivity contribution < 1.29 is 9.53 Å². The fourth-order valence-corrected chi connectivity index (χ4v) is 5.10. The van der Waals surface area contributed by atoms with E-state index in [4.69, 9.17) is 4.74 Å². The Morgan fingerprint density at radius 3 is 2.67 bits per heavy atom. The van der Waals surface area contributed by atoms with Crippen LogP contribution in [0.5, 0.6) is 5.75 Å². The van der Waals surface area contributed by atoms with Gasteiger partial charge in [0, 0.05) is 24.8 Å². The molecule has 33 heavy (non-hydrogen) atoms. The van der Waals surface area contributed by atoms with Crippen molar-refractivity contribution in [1.82, 2.24) is 29.2 Å². The van der Waals surface area contributed by atoms with Gasteiger partial charge in [-0.25, -0.2) is 4.79 Å². The molecule has 0 unspecified atom stereocenters. The van der Waals surface area contributed by atoms with Crippen molar-refractivity contribution >= 4 is 28.7 Å². The molecule has 0 atom stereocenters. The van der Waals surface area contributed by atoms with Crippen molar-refractivity contribution in [1.29, 1.82) is 0 Å². The lowest BCUT2D eigenvalue weighted by atomic mass is 10.0. The van der Waals surface area contributed by atoms with E-state index in [0.29, 0.717) is 18.2 Å². The number of fused-ring (bicyclic) bond motifs is 1. The van der Waals surface area contributed by atoms with Gasteiger partial charge in [0.25, 0.3) is 0 Å². The SMILES string of the molecule is COc1ccc(-n2cnnc2SCC(=O)N2CCC(n3c(=O)[nH]c4ccccc43)CC2)cc1. The minimum Gasteiger partial charge on any atom is -0.497 e. The number of piperidine rings is 1. The zero-order valence-corrected chi connectivity index (χ0v) is 19.0. The molecule has 1 aliphatic heterocycles. The summed E-state index contributed by atoms with van der Waals surface area (Å²) in [5, 5.41) is 8.83. The number of rotatable bonds is 6. The third-order valence-corrected chi connectivity index (χ3v) is 6.93. The number of methoxy groups -OCH3 is 1. The Kier molecular flexibility index (Phi) is 5.91. The Bertz CT molecular complexity index is 1320. The highest BCUT2D eigenvalue weighted by atomic mass is 32.2. The summed E-state index contributed by atoms with van der Waals surface area (Å²) in [5.74, 6) is 1.12. The summed E-state index contributed by atoms with van der Waals surface area (Å²) >= 11 is 1.37. The predicted octanol–water partition coefficient (Wildman–Crippen LogP) is 2.87. The van der Waals surface area contributed by atoms with Crippen LogP contribution < -0.4 is 10.4 Å². The number of carbonyl (C=O) groups is 1. The Labute approximate surface area is 194 Å². The fourth-order valence-electron chi connectivity index (χ4n) is 4.27. The number of aromatic nitrogens is 5. The summed E-state index contributed by atoms with van der Waals surface area (Å²) in [6.45, 7) is 1.25. The molecule has 10 heteroatoms. The maximum absolute atomic E-state index is 12.9. The van der Waals surface area contributed by atoms with Gasteiger partial charge in [-0.15, -0.1) is 10.2 Å². The lowest BCUT2D eigenvalue weighted by Crippen LogP contribution is -2.41. The van der Waals surface area contributed by atoms with E-state index >= 15 is 0 Å². The number of para-hydroxylation sites is 2. The number of aromatic amines is 1. The largest absolute Gasteiger partial charge is 0.497 e. The van der Waals surface area contributed by atoms with Gasteiger partial charge in [-0.3, -0.25) is 13.9 Å². The number of amides is 1. The second kappa shape index (κ2) is 9.14. The molecule has 2 aromatic carbocycles. The first kappa shape index (κ1) is 21.3. The van der Waals surface area contributed by atoms with E-state index < -0.39 is 0 Å². The lowest BCUT2D eigenvalue weighted by Gasteiger charge is -2.32. The Morgan fingerprint density at radius 1 is 1.15 bits per heavy atom. The molecule has 0 spiro atoms. The third kappa shape index (κ3) is 4.25. The van der Waals surface area contributed by atoms with Crippen molar-refractivity contribution in [2.75, 3.05) is 26.0 Å². The smallest absolute Gasteiger partial charge is 0.326 e. The van der Waals surface area contributed by atoms with Crippen LogP contribution in [0.3, 0.4) is 0 Å². The van der Waals surface area contributed by atoms with Gasteiger partial charge in [0.2, 0.25) is 5.91 Å². The average Bonchev–Trinajstić information content (AvgIpc) is 3.46. The molecular weight excluding hydrogens is 440 g/mol. The highest BCUT2D eigenvalue weighted by Gasteiger charge is 2.26. The Hall–Kier alpha value is -3.53. The average molecular weight is 465 g/mol. The molecule has 0 radical (unpaired) electrons. The topological polar surface area (TPSA) is 98.0 Å². The molecule has 1 N–H and O–H groups in total. The number of benzene rings is 2. The zero-order valence-electron chi connectivity index (χ0n) is 18.2. The van der Waals surface area contributed by atoms with Gasteiger partial charge in [0.05, 0.1) is 23.9 Å². The number of hydrogen-bond acceptors (Lipinski definition) is 6. The molecule has 3 heterocycles. The van der Waals surface area contributed by atoms with Crippen LogP contribution in [0.1, 0.15) is 18.9 Å². The zero-order chi connectivity index (χ0) is 22.8. The Morgan fingerprint density at radius 2 is 1.91 bits per heavy atom. The van der Waals surface area contributed by atoms with Gasteiger partial charge in [0.15, 0.2) is 5.16 Å². The van der Waals surface area contributed by atoms with Crippen LogP contribution in [0.15, 0.2) is 64.8 Å². The number of H-pyrrole nitrogens is 1. The molecule has 0 saturated carbocycles. The molecule has 0 bridgehead atoms. The number of carbonyl (C=O) groups excluding carboxylic acids is 1. The number of ether oxygens (including phenoxy) is 1. The summed E-state index contributed by atoms with van der Waals surface area (Å²) in [7, 11) is 1.63. The molecule has 170 valence electrons.